The molecule has 3 N–H and O–H groups in total. The van der Waals surface area contributed by atoms with E-state index in [1.165, 1.54) is 0 Å². The maximum absolute atomic E-state index is 12.7. The van der Waals surface area contributed by atoms with Crippen molar-refractivity contribution in [3.63, 3.8) is 0 Å². The summed E-state index contributed by atoms with van der Waals surface area (Å²) in [7, 11) is 0. The fourth-order valence-electron chi connectivity index (χ4n) is 2.36. The number of benzene rings is 2. The normalized spacial score (nSPS) is 12.7. The van der Waals surface area contributed by atoms with Crippen LogP contribution in [0.4, 0.5) is 11.4 Å². The maximum atomic E-state index is 12.7. The quantitative estimate of drug-likeness (QED) is 0.284. The lowest BCUT2D eigenvalue weighted by atomic mass is 10.0. The molecular weight excluding hydrogens is 421 g/mol. The van der Waals surface area contributed by atoms with E-state index in [0.29, 0.717) is 12.1 Å². The molecule has 0 aliphatic heterocycles. The molecule has 2 atom stereocenters. The van der Waals surface area contributed by atoms with Crippen LogP contribution in [0.5, 0.6) is 5.75 Å². The zero-order valence-electron chi connectivity index (χ0n) is 15.6. The second kappa shape index (κ2) is 9.69. The van der Waals surface area contributed by atoms with E-state index in [-0.39, 0.29) is 27.3 Å². The zero-order valence-corrected chi connectivity index (χ0v) is 17.2. The van der Waals surface area contributed by atoms with E-state index in [1.807, 2.05) is 6.92 Å². The van der Waals surface area contributed by atoms with Crippen molar-refractivity contribution in [3.05, 3.63) is 62.1 Å². The van der Waals surface area contributed by atoms with Crippen molar-refractivity contribution in [1.82, 2.24) is 0 Å². The molecule has 8 nitrogen and oxygen atoms in total. The summed E-state index contributed by atoms with van der Waals surface area (Å²) in [5, 5.41) is 13.8. The number of hydrogen-bond donors (Lipinski definition) is 2. The third kappa shape index (κ3) is 5.44. The van der Waals surface area contributed by atoms with Crippen LogP contribution in [0.25, 0.3) is 0 Å². The first-order valence-corrected chi connectivity index (χ1v) is 9.42. The smallest absolute Gasteiger partial charge is 0.328 e. The van der Waals surface area contributed by atoms with Gasteiger partial charge in [-0.3, -0.25) is 14.9 Å². The average molecular weight is 440 g/mol. The Kier molecular flexibility index (Phi) is 7.55. The highest BCUT2D eigenvalue weighted by Crippen LogP contribution is 2.34. The summed E-state index contributed by atoms with van der Waals surface area (Å²) in [6.07, 6.45) is 0.622. The van der Waals surface area contributed by atoms with E-state index in [9.17, 15) is 19.7 Å². The summed E-state index contributed by atoms with van der Waals surface area (Å²) >= 11 is 12.0. The molecule has 0 saturated heterocycles. The Labute approximate surface area is 177 Å². The number of hydrogen-bond acceptors (Lipinski definition) is 6. The fraction of sp³-hybridized carbons (Fsp3) is 0.263. The summed E-state index contributed by atoms with van der Waals surface area (Å²) in [5.41, 5.74) is 5.48. The molecule has 154 valence electrons. The monoisotopic (exact) mass is 439 g/mol. The highest BCUT2D eigenvalue weighted by atomic mass is 35.5. The minimum Gasteiger partial charge on any atom is -0.424 e. The van der Waals surface area contributed by atoms with Crippen LogP contribution >= 0.6 is 23.2 Å². The molecule has 0 unspecified atom stereocenters. The summed E-state index contributed by atoms with van der Waals surface area (Å²) in [4.78, 5) is 35.6. The van der Waals surface area contributed by atoms with E-state index in [4.69, 9.17) is 33.7 Å². The number of nitrogens with zero attached hydrogens (tertiary/aromatic N) is 1. The molecule has 0 bridgehead atoms. The van der Waals surface area contributed by atoms with Crippen LogP contribution in [0.3, 0.4) is 0 Å². The number of nitro groups is 1. The molecule has 0 spiro atoms. The fourth-order valence-corrected chi connectivity index (χ4v) is 2.77. The summed E-state index contributed by atoms with van der Waals surface area (Å²) in [6, 6.07) is 7.51. The Hall–Kier alpha value is -2.68. The highest BCUT2D eigenvalue weighted by Gasteiger charge is 2.27. The number of para-hydroxylation sites is 1. The maximum Gasteiger partial charge on any atom is 0.328 e. The van der Waals surface area contributed by atoms with E-state index in [1.54, 1.807) is 31.2 Å². The van der Waals surface area contributed by atoms with Gasteiger partial charge in [0, 0.05) is 0 Å². The Morgan fingerprint density at radius 1 is 1.24 bits per heavy atom. The van der Waals surface area contributed by atoms with E-state index in [2.05, 4.69) is 5.32 Å². The minimum absolute atomic E-state index is 0.176. The summed E-state index contributed by atoms with van der Waals surface area (Å²) in [6.45, 7) is 3.62. The number of esters is 1. The molecule has 2 aromatic rings. The molecule has 10 heteroatoms. The number of rotatable bonds is 7. The zero-order chi connectivity index (χ0) is 21.7. The SMILES string of the molecule is CC[C@H](C)[C@H](N)C(=O)Oc1cc([N+](=O)[O-])c(Cl)cc1C(=O)Nc1ccccc1Cl. The number of amides is 1. The molecule has 1 amide bonds. The molecule has 0 aliphatic carbocycles. The summed E-state index contributed by atoms with van der Waals surface area (Å²) in [5.74, 6) is -2.04. The van der Waals surface area contributed by atoms with Gasteiger partial charge >= 0.3 is 5.97 Å². The topological polar surface area (TPSA) is 125 Å². The van der Waals surface area contributed by atoms with Gasteiger partial charge in [0.1, 0.15) is 11.1 Å². The van der Waals surface area contributed by atoms with Crippen LogP contribution in [-0.4, -0.2) is 22.8 Å². The van der Waals surface area contributed by atoms with Gasteiger partial charge in [-0.15, -0.1) is 0 Å². The molecular formula is C19H19Cl2N3O5. The van der Waals surface area contributed by atoms with Gasteiger partial charge in [-0.1, -0.05) is 55.6 Å². The van der Waals surface area contributed by atoms with Crippen LogP contribution in [-0.2, 0) is 4.79 Å². The Morgan fingerprint density at radius 3 is 2.48 bits per heavy atom. The van der Waals surface area contributed by atoms with Gasteiger partial charge in [0.25, 0.3) is 11.6 Å². The largest absolute Gasteiger partial charge is 0.424 e. The number of nitrogens with one attached hydrogen (secondary N) is 1. The minimum atomic E-state index is -0.964. The number of nitrogens with two attached hydrogens (primary N) is 1. The second-order valence-corrected chi connectivity index (χ2v) is 7.14. The van der Waals surface area contributed by atoms with Gasteiger partial charge in [0.2, 0.25) is 0 Å². The molecule has 0 radical (unpaired) electrons. The number of anilines is 1. The van der Waals surface area contributed by atoms with Crippen molar-refractivity contribution in [3.8, 4) is 5.75 Å². The van der Waals surface area contributed by atoms with Crippen LogP contribution in [0.1, 0.15) is 30.6 Å². The van der Waals surface area contributed by atoms with E-state index >= 15 is 0 Å². The number of ether oxygens (including phenoxy) is 1. The molecule has 0 aliphatic rings. The number of carbonyl (C=O) groups is 2. The first-order valence-electron chi connectivity index (χ1n) is 8.66. The highest BCUT2D eigenvalue weighted by molar-refractivity contribution is 6.34. The molecule has 0 fully saturated rings. The van der Waals surface area contributed by atoms with Crippen molar-refractivity contribution < 1.29 is 19.2 Å². The van der Waals surface area contributed by atoms with Crippen molar-refractivity contribution in [2.24, 2.45) is 11.7 Å². The lowest BCUT2D eigenvalue weighted by molar-refractivity contribution is -0.384. The average Bonchev–Trinajstić information content (AvgIpc) is 2.69. The lowest BCUT2D eigenvalue weighted by Crippen LogP contribution is -2.39. The summed E-state index contributed by atoms with van der Waals surface area (Å²) < 4.78 is 5.24. The third-order valence-electron chi connectivity index (χ3n) is 4.35. The van der Waals surface area contributed by atoms with Gasteiger partial charge in [0.05, 0.1) is 27.3 Å². The molecule has 2 rings (SSSR count). The standard InChI is InChI=1S/C19H19Cl2N3O5/c1-3-10(2)17(22)19(26)29-16-9-15(24(27)28)13(21)8-11(16)18(25)23-14-7-5-4-6-12(14)20/h4-10,17H,3,22H2,1-2H3,(H,23,25)/t10-,17-/m0/s1. The molecule has 0 heterocycles. The van der Waals surface area contributed by atoms with Crippen molar-refractivity contribution >= 4 is 46.5 Å². The van der Waals surface area contributed by atoms with Crippen molar-refractivity contribution in [2.45, 2.75) is 26.3 Å². The van der Waals surface area contributed by atoms with Crippen molar-refractivity contribution in [2.75, 3.05) is 5.32 Å². The molecule has 2 aromatic carbocycles. The van der Waals surface area contributed by atoms with Crippen molar-refractivity contribution in [1.29, 1.82) is 0 Å². The first kappa shape index (κ1) is 22.6. The first-order chi connectivity index (χ1) is 13.6. The molecule has 29 heavy (non-hydrogen) atoms. The van der Waals surface area contributed by atoms with Crippen LogP contribution < -0.4 is 15.8 Å². The number of carbonyl (C=O) groups excluding carboxylic acids is 2. The van der Waals surface area contributed by atoms with Gasteiger partial charge in [-0.25, -0.2) is 4.79 Å². The second-order valence-electron chi connectivity index (χ2n) is 6.32. The molecule has 0 saturated carbocycles. The van der Waals surface area contributed by atoms with E-state index in [0.717, 1.165) is 12.1 Å². The predicted molar refractivity (Wildman–Crippen MR) is 111 cm³/mol. The Bertz CT molecular complexity index is 951. The molecule has 0 aromatic heterocycles. The van der Waals surface area contributed by atoms with Crippen LogP contribution in [0.15, 0.2) is 36.4 Å². The number of nitro benzene ring substituents is 1. The van der Waals surface area contributed by atoms with Gasteiger partial charge in [-0.2, -0.15) is 0 Å². The number of halogens is 2. The van der Waals surface area contributed by atoms with Crippen LogP contribution in [0, 0.1) is 16.0 Å². The van der Waals surface area contributed by atoms with Gasteiger partial charge < -0.3 is 15.8 Å². The lowest BCUT2D eigenvalue weighted by Gasteiger charge is -2.18. The van der Waals surface area contributed by atoms with Gasteiger partial charge in [-0.05, 0) is 24.1 Å². The third-order valence-corrected chi connectivity index (χ3v) is 4.98. The van der Waals surface area contributed by atoms with Crippen LogP contribution in [0.2, 0.25) is 10.0 Å². The Balaban J connectivity index is 2.43. The Morgan fingerprint density at radius 2 is 1.90 bits per heavy atom. The van der Waals surface area contributed by atoms with Gasteiger partial charge in [0.15, 0.2) is 5.75 Å². The predicted octanol–water partition coefficient (Wildman–Crippen LogP) is 4.43. The van der Waals surface area contributed by atoms with E-state index < -0.39 is 28.5 Å².